The third-order valence-electron chi connectivity index (χ3n) is 4.41. The first-order chi connectivity index (χ1) is 13.1. The molecule has 0 bridgehead atoms. The van der Waals surface area contributed by atoms with E-state index < -0.39 is 12.1 Å². The minimum Gasteiger partial charge on any atom is -0.465 e. The lowest BCUT2D eigenvalue weighted by atomic mass is 10.1. The van der Waals surface area contributed by atoms with Crippen LogP contribution in [-0.2, 0) is 6.54 Å². The van der Waals surface area contributed by atoms with Crippen LogP contribution < -0.4 is 16.2 Å². The van der Waals surface area contributed by atoms with Crippen molar-refractivity contribution in [3.05, 3.63) is 70.3 Å². The molecule has 7 heteroatoms. The summed E-state index contributed by atoms with van der Waals surface area (Å²) < 4.78 is 1.51. The SMILES string of the molecule is CC[C@H](NC(=O)O)c1nc2cccc(CNC)c2c(=O)n1-c1ccccc1. The van der Waals surface area contributed by atoms with Crippen molar-refractivity contribution in [2.24, 2.45) is 0 Å². The Bertz CT molecular complexity index is 1010. The average molecular weight is 366 g/mol. The van der Waals surface area contributed by atoms with E-state index in [-0.39, 0.29) is 5.56 Å². The summed E-state index contributed by atoms with van der Waals surface area (Å²) in [5.74, 6) is 0.380. The zero-order chi connectivity index (χ0) is 19.4. The Morgan fingerprint density at radius 1 is 1.19 bits per heavy atom. The predicted molar refractivity (Wildman–Crippen MR) is 104 cm³/mol. The van der Waals surface area contributed by atoms with Gasteiger partial charge in [-0.3, -0.25) is 9.36 Å². The van der Waals surface area contributed by atoms with Crippen molar-refractivity contribution in [1.29, 1.82) is 0 Å². The van der Waals surface area contributed by atoms with Crippen LogP contribution in [-0.4, -0.2) is 27.8 Å². The molecule has 0 unspecified atom stereocenters. The van der Waals surface area contributed by atoms with E-state index in [4.69, 9.17) is 0 Å². The number of benzene rings is 2. The Morgan fingerprint density at radius 3 is 2.56 bits per heavy atom. The molecule has 0 aliphatic carbocycles. The zero-order valence-electron chi connectivity index (χ0n) is 15.3. The molecule has 7 nitrogen and oxygen atoms in total. The molecule has 2 aromatic carbocycles. The fourth-order valence-electron chi connectivity index (χ4n) is 3.21. The summed E-state index contributed by atoms with van der Waals surface area (Å²) in [4.78, 5) is 29.4. The van der Waals surface area contributed by atoms with Gasteiger partial charge in [-0.1, -0.05) is 37.3 Å². The summed E-state index contributed by atoms with van der Waals surface area (Å²) >= 11 is 0. The lowest BCUT2D eigenvalue weighted by Crippen LogP contribution is -2.34. The van der Waals surface area contributed by atoms with Crippen molar-refractivity contribution in [3.8, 4) is 5.69 Å². The fourth-order valence-corrected chi connectivity index (χ4v) is 3.21. The first-order valence-electron chi connectivity index (χ1n) is 8.80. The van der Waals surface area contributed by atoms with E-state index >= 15 is 0 Å². The number of para-hydroxylation sites is 1. The highest BCUT2D eigenvalue weighted by Crippen LogP contribution is 2.22. The van der Waals surface area contributed by atoms with Crippen LogP contribution in [0, 0.1) is 0 Å². The fraction of sp³-hybridized carbons (Fsp3) is 0.250. The number of rotatable bonds is 6. The van der Waals surface area contributed by atoms with Gasteiger partial charge in [-0.05, 0) is 37.2 Å². The molecule has 140 valence electrons. The van der Waals surface area contributed by atoms with E-state index in [1.54, 1.807) is 6.07 Å². The Kier molecular flexibility index (Phi) is 5.52. The summed E-state index contributed by atoms with van der Waals surface area (Å²) in [6, 6.07) is 14.1. The second kappa shape index (κ2) is 8.01. The number of hydrogen-bond donors (Lipinski definition) is 3. The normalized spacial score (nSPS) is 12.1. The van der Waals surface area contributed by atoms with Crippen LogP contribution in [0.15, 0.2) is 53.3 Å². The van der Waals surface area contributed by atoms with Crippen molar-refractivity contribution in [2.45, 2.75) is 25.9 Å². The average Bonchev–Trinajstić information content (AvgIpc) is 2.66. The maximum atomic E-state index is 13.5. The molecule has 0 radical (unpaired) electrons. The lowest BCUT2D eigenvalue weighted by molar-refractivity contribution is 0.188. The van der Waals surface area contributed by atoms with E-state index in [0.29, 0.717) is 35.4 Å². The highest BCUT2D eigenvalue weighted by Gasteiger charge is 2.22. The molecule has 3 N–H and O–H groups in total. The van der Waals surface area contributed by atoms with Crippen LogP contribution in [0.1, 0.15) is 30.8 Å². The molecule has 0 saturated carbocycles. The van der Waals surface area contributed by atoms with E-state index in [0.717, 1.165) is 5.56 Å². The van der Waals surface area contributed by atoms with Gasteiger partial charge in [-0.2, -0.15) is 0 Å². The quantitative estimate of drug-likeness (QED) is 0.623. The standard InChI is InChI=1S/C20H22N4O3/c1-3-15(23-20(26)27)18-22-16-11-7-8-13(12-21-2)17(16)19(25)24(18)14-9-5-4-6-10-14/h4-11,15,21,23H,3,12H2,1-2H3,(H,26,27)/t15-/m0/s1. The van der Waals surface area contributed by atoms with Crippen molar-refractivity contribution >= 4 is 17.0 Å². The largest absolute Gasteiger partial charge is 0.465 e. The molecule has 3 rings (SSSR count). The number of nitrogens with one attached hydrogen (secondary N) is 2. The van der Waals surface area contributed by atoms with Crippen LogP contribution in [0.5, 0.6) is 0 Å². The van der Waals surface area contributed by atoms with Gasteiger partial charge in [0, 0.05) is 6.54 Å². The molecule has 1 heterocycles. The van der Waals surface area contributed by atoms with Crippen LogP contribution in [0.3, 0.4) is 0 Å². The minimum atomic E-state index is -1.15. The number of amides is 1. The number of fused-ring (bicyclic) bond motifs is 1. The van der Waals surface area contributed by atoms with Gasteiger partial charge in [-0.25, -0.2) is 9.78 Å². The van der Waals surface area contributed by atoms with Gasteiger partial charge in [0.2, 0.25) is 0 Å². The predicted octanol–water partition coefficient (Wildman–Crippen LogP) is 2.82. The Balaban J connectivity index is 2.37. The van der Waals surface area contributed by atoms with Crippen LogP contribution in [0.25, 0.3) is 16.6 Å². The summed E-state index contributed by atoms with van der Waals surface area (Å²) in [5, 5.41) is 15.3. The van der Waals surface area contributed by atoms with Crippen molar-refractivity contribution in [3.63, 3.8) is 0 Å². The van der Waals surface area contributed by atoms with E-state index in [1.807, 2.05) is 56.4 Å². The zero-order valence-corrected chi connectivity index (χ0v) is 15.3. The molecule has 1 atom stereocenters. The Morgan fingerprint density at radius 2 is 1.93 bits per heavy atom. The van der Waals surface area contributed by atoms with Crippen LogP contribution in [0.4, 0.5) is 4.79 Å². The summed E-state index contributed by atoms with van der Waals surface area (Å²) in [6.07, 6.45) is -0.687. The smallest absolute Gasteiger partial charge is 0.405 e. The summed E-state index contributed by atoms with van der Waals surface area (Å²) in [7, 11) is 1.82. The minimum absolute atomic E-state index is 0.210. The molecule has 0 aliphatic rings. The molecule has 1 aromatic heterocycles. The molecule has 1 amide bonds. The van der Waals surface area contributed by atoms with Crippen molar-refractivity contribution in [2.75, 3.05) is 7.05 Å². The third-order valence-corrected chi connectivity index (χ3v) is 4.41. The molecule has 27 heavy (non-hydrogen) atoms. The number of nitrogens with zero attached hydrogens (tertiary/aromatic N) is 2. The number of carboxylic acid groups (broad SMARTS) is 1. The van der Waals surface area contributed by atoms with E-state index in [9.17, 15) is 14.7 Å². The van der Waals surface area contributed by atoms with Crippen LogP contribution in [0.2, 0.25) is 0 Å². The topological polar surface area (TPSA) is 96.2 Å². The molecular weight excluding hydrogens is 344 g/mol. The molecule has 3 aromatic rings. The van der Waals surface area contributed by atoms with Gasteiger partial charge in [0.1, 0.15) is 5.82 Å². The first-order valence-corrected chi connectivity index (χ1v) is 8.80. The van der Waals surface area contributed by atoms with E-state index in [2.05, 4.69) is 15.6 Å². The second-order valence-corrected chi connectivity index (χ2v) is 6.20. The van der Waals surface area contributed by atoms with Gasteiger partial charge < -0.3 is 15.7 Å². The maximum Gasteiger partial charge on any atom is 0.405 e. The molecule has 0 spiro atoms. The van der Waals surface area contributed by atoms with Gasteiger partial charge >= 0.3 is 6.09 Å². The number of carbonyl (C=O) groups is 1. The van der Waals surface area contributed by atoms with Gasteiger partial charge in [-0.15, -0.1) is 0 Å². The highest BCUT2D eigenvalue weighted by molar-refractivity contribution is 5.82. The highest BCUT2D eigenvalue weighted by atomic mass is 16.4. The van der Waals surface area contributed by atoms with Gasteiger partial charge in [0.25, 0.3) is 5.56 Å². The molecule has 0 fully saturated rings. The number of hydrogen-bond acceptors (Lipinski definition) is 4. The van der Waals surface area contributed by atoms with Gasteiger partial charge in [0.05, 0.1) is 22.6 Å². The van der Waals surface area contributed by atoms with E-state index in [1.165, 1.54) is 4.57 Å². The Hall–Kier alpha value is -3.19. The third kappa shape index (κ3) is 3.68. The van der Waals surface area contributed by atoms with Crippen molar-refractivity contribution < 1.29 is 9.90 Å². The molecule has 0 aliphatic heterocycles. The van der Waals surface area contributed by atoms with Gasteiger partial charge in [0.15, 0.2) is 0 Å². The maximum absolute atomic E-state index is 13.5. The van der Waals surface area contributed by atoms with Crippen molar-refractivity contribution in [1.82, 2.24) is 20.2 Å². The molecule has 0 saturated heterocycles. The van der Waals surface area contributed by atoms with Crippen LogP contribution >= 0.6 is 0 Å². The first kappa shape index (κ1) is 18.6. The second-order valence-electron chi connectivity index (χ2n) is 6.20. The number of aromatic nitrogens is 2. The Labute approximate surface area is 156 Å². The summed E-state index contributed by atoms with van der Waals surface area (Å²) in [5.41, 5.74) is 1.85. The summed E-state index contributed by atoms with van der Waals surface area (Å²) in [6.45, 7) is 2.39. The molecular formula is C20H22N4O3. The monoisotopic (exact) mass is 366 g/mol. The lowest BCUT2D eigenvalue weighted by Gasteiger charge is -2.21.